The molecule has 2 aliphatic rings. The summed E-state index contributed by atoms with van der Waals surface area (Å²) < 4.78 is 5.69. The molecule has 0 saturated heterocycles. The Morgan fingerprint density at radius 1 is 1.00 bits per heavy atom. The molecule has 2 aliphatic carbocycles. The fourth-order valence-corrected chi connectivity index (χ4v) is 4.92. The molecule has 2 aromatic carbocycles. The number of ether oxygens (including phenoxy) is 1. The average molecular weight is 393 g/mol. The van der Waals surface area contributed by atoms with Crippen molar-refractivity contribution < 1.29 is 19.4 Å². The number of aliphatic carboxylic acids is 1. The van der Waals surface area contributed by atoms with E-state index in [4.69, 9.17) is 9.84 Å². The van der Waals surface area contributed by atoms with Gasteiger partial charge in [0.1, 0.15) is 6.61 Å². The van der Waals surface area contributed by atoms with Crippen molar-refractivity contribution in [3.8, 4) is 11.1 Å². The van der Waals surface area contributed by atoms with Crippen LogP contribution in [0.4, 0.5) is 4.79 Å². The Bertz CT molecular complexity index is 856. The molecule has 1 fully saturated rings. The molecule has 29 heavy (non-hydrogen) atoms. The lowest BCUT2D eigenvalue weighted by molar-refractivity contribution is -0.137. The number of carboxylic acids is 1. The van der Waals surface area contributed by atoms with E-state index in [2.05, 4.69) is 29.6 Å². The van der Waals surface area contributed by atoms with E-state index in [0.29, 0.717) is 19.4 Å². The number of hydrogen-bond acceptors (Lipinski definition) is 3. The molecule has 1 amide bonds. The summed E-state index contributed by atoms with van der Waals surface area (Å²) in [5, 5.41) is 12.0. The topological polar surface area (TPSA) is 75.6 Å². The maximum Gasteiger partial charge on any atom is 0.407 e. The molecular weight excluding hydrogens is 366 g/mol. The third-order valence-electron chi connectivity index (χ3n) is 6.32. The maximum absolute atomic E-state index is 12.6. The summed E-state index contributed by atoms with van der Waals surface area (Å²) in [7, 11) is 0. The Morgan fingerprint density at radius 2 is 1.59 bits per heavy atom. The second-order valence-electron chi connectivity index (χ2n) is 8.19. The summed E-state index contributed by atoms with van der Waals surface area (Å²) in [5.74, 6) is -0.751. The number of fused-ring (bicyclic) bond motifs is 3. The molecule has 0 bridgehead atoms. The number of carboxylic acid groups (broad SMARTS) is 1. The third kappa shape index (κ3) is 4.14. The molecule has 0 aromatic heterocycles. The second kappa shape index (κ2) is 8.27. The molecule has 0 heterocycles. The Kier molecular flexibility index (Phi) is 5.56. The Morgan fingerprint density at radius 3 is 2.17 bits per heavy atom. The molecular formula is C24H27NO4. The van der Waals surface area contributed by atoms with E-state index in [0.717, 1.165) is 25.7 Å². The van der Waals surface area contributed by atoms with Crippen molar-refractivity contribution in [3.05, 3.63) is 59.7 Å². The van der Waals surface area contributed by atoms with Gasteiger partial charge in [0.25, 0.3) is 0 Å². The minimum absolute atomic E-state index is 0.0414. The third-order valence-corrected chi connectivity index (χ3v) is 6.32. The van der Waals surface area contributed by atoms with Crippen molar-refractivity contribution in [1.82, 2.24) is 5.32 Å². The van der Waals surface area contributed by atoms with Crippen molar-refractivity contribution in [3.63, 3.8) is 0 Å². The molecule has 5 heteroatoms. The number of amides is 1. The van der Waals surface area contributed by atoms with E-state index < -0.39 is 12.1 Å². The quantitative estimate of drug-likeness (QED) is 0.687. The molecule has 1 saturated carbocycles. The van der Waals surface area contributed by atoms with Crippen molar-refractivity contribution in [1.29, 1.82) is 0 Å². The summed E-state index contributed by atoms with van der Waals surface area (Å²) in [6.07, 6.45) is 4.86. The number of carbonyl (C=O) groups excluding carboxylic acids is 1. The summed E-state index contributed by atoms with van der Waals surface area (Å²) in [4.78, 5) is 23.5. The minimum atomic E-state index is -0.792. The van der Waals surface area contributed by atoms with Gasteiger partial charge in [0.15, 0.2) is 0 Å². The van der Waals surface area contributed by atoms with Gasteiger partial charge in [0.2, 0.25) is 0 Å². The first-order valence-electron chi connectivity index (χ1n) is 10.4. The van der Waals surface area contributed by atoms with Crippen LogP contribution in [0.5, 0.6) is 0 Å². The van der Waals surface area contributed by atoms with Crippen LogP contribution in [0.2, 0.25) is 0 Å². The number of nitrogens with one attached hydrogen (secondary N) is 1. The molecule has 5 nitrogen and oxygen atoms in total. The van der Waals surface area contributed by atoms with E-state index in [1.54, 1.807) is 0 Å². The monoisotopic (exact) mass is 393 g/mol. The first kappa shape index (κ1) is 19.5. The van der Waals surface area contributed by atoms with Crippen LogP contribution in [0.25, 0.3) is 11.1 Å². The van der Waals surface area contributed by atoms with Crippen LogP contribution in [-0.4, -0.2) is 29.3 Å². The highest BCUT2D eigenvalue weighted by Gasteiger charge is 2.36. The predicted octanol–water partition coefficient (Wildman–Crippen LogP) is 5.09. The van der Waals surface area contributed by atoms with Crippen LogP contribution in [0, 0.1) is 0 Å². The van der Waals surface area contributed by atoms with Gasteiger partial charge in [-0.15, -0.1) is 0 Å². The first-order chi connectivity index (χ1) is 14.1. The summed E-state index contributed by atoms with van der Waals surface area (Å²) in [6.45, 7) is 0.297. The maximum atomic E-state index is 12.6. The van der Waals surface area contributed by atoms with Gasteiger partial charge in [-0.2, -0.15) is 0 Å². The molecule has 2 N–H and O–H groups in total. The second-order valence-corrected chi connectivity index (χ2v) is 8.19. The molecule has 0 aliphatic heterocycles. The molecule has 0 unspecified atom stereocenters. The molecule has 0 atom stereocenters. The van der Waals surface area contributed by atoms with E-state index in [1.807, 2.05) is 24.3 Å². The van der Waals surface area contributed by atoms with Crippen LogP contribution in [-0.2, 0) is 9.53 Å². The van der Waals surface area contributed by atoms with E-state index >= 15 is 0 Å². The van der Waals surface area contributed by atoms with Crippen LogP contribution in [0.3, 0.4) is 0 Å². The lowest BCUT2D eigenvalue weighted by atomic mass is 9.91. The average Bonchev–Trinajstić information content (AvgIpc) is 3.29. The fraction of sp³-hybridized carbons (Fsp3) is 0.417. The largest absolute Gasteiger partial charge is 0.481 e. The van der Waals surface area contributed by atoms with Crippen LogP contribution in [0.1, 0.15) is 62.0 Å². The Balaban J connectivity index is 1.41. The lowest BCUT2D eigenvalue weighted by Crippen LogP contribution is -2.46. The first-order valence-corrected chi connectivity index (χ1v) is 10.4. The zero-order valence-corrected chi connectivity index (χ0v) is 16.5. The molecule has 0 spiro atoms. The zero-order chi connectivity index (χ0) is 20.3. The van der Waals surface area contributed by atoms with Gasteiger partial charge in [0.05, 0.1) is 0 Å². The van der Waals surface area contributed by atoms with Gasteiger partial charge in [-0.1, -0.05) is 61.4 Å². The zero-order valence-electron chi connectivity index (χ0n) is 16.5. The number of carbonyl (C=O) groups is 2. The molecule has 2 aromatic rings. The number of benzene rings is 2. The Labute approximate surface area is 171 Å². The van der Waals surface area contributed by atoms with Crippen molar-refractivity contribution in [2.24, 2.45) is 0 Å². The summed E-state index contributed by atoms with van der Waals surface area (Å²) >= 11 is 0. The molecule has 4 rings (SSSR count). The standard InChI is InChI=1S/C24H27NO4/c26-22(27)12-7-15-24(13-5-6-14-24)25-23(28)29-16-21-19-10-3-1-8-17(19)18-9-2-4-11-20(18)21/h1-4,8-11,21H,5-7,12-16H2,(H,25,28)(H,26,27). The van der Waals surface area contributed by atoms with Crippen LogP contribution in [0.15, 0.2) is 48.5 Å². The van der Waals surface area contributed by atoms with Crippen LogP contribution >= 0.6 is 0 Å². The van der Waals surface area contributed by atoms with Gasteiger partial charge in [-0.05, 0) is 47.9 Å². The van der Waals surface area contributed by atoms with Gasteiger partial charge in [0, 0.05) is 17.9 Å². The van der Waals surface area contributed by atoms with E-state index in [9.17, 15) is 9.59 Å². The lowest BCUT2D eigenvalue weighted by Gasteiger charge is -2.30. The normalized spacial score (nSPS) is 16.8. The SMILES string of the molecule is O=C(O)CCCC1(NC(=O)OCC2c3ccccc3-c3ccccc32)CCCC1. The van der Waals surface area contributed by atoms with Gasteiger partial charge < -0.3 is 15.2 Å². The molecule has 152 valence electrons. The Hall–Kier alpha value is -2.82. The smallest absolute Gasteiger partial charge is 0.407 e. The summed E-state index contributed by atoms with van der Waals surface area (Å²) in [5.41, 5.74) is 4.48. The summed E-state index contributed by atoms with van der Waals surface area (Å²) in [6, 6.07) is 16.5. The number of hydrogen-bond donors (Lipinski definition) is 2. The highest BCUT2D eigenvalue weighted by atomic mass is 16.5. The minimum Gasteiger partial charge on any atom is -0.481 e. The predicted molar refractivity (Wildman–Crippen MR) is 111 cm³/mol. The number of alkyl carbamates (subject to hydrolysis) is 1. The van der Waals surface area contributed by atoms with Gasteiger partial charge >= 0.3 is 12.1 Å². The fourth-order valence-electron chi connectivity index (χ4n) is 4.92. The highest BCUT2D eigenvalue weighted by Crippen LogP contribution is 2.44. The van der Waals surface area contributed by atoms with E-state index in [1.165, 1.54) is 22.3 Å². The number of rotatable bonds is 7. The van der Waals surface area contributed by atoms with Crippen molar-refractivity contribution >= 4 is 12.1 Å². The van der Waals surface area contributed by atoms with Gasteiger partial charge in [-0.25, -0.2) is 4.79 Å². The van der Waals surface area contributed by atoms with Crippen molar-refractivity contribution in [2.75, 3.05) is 6.61 Å². The van der Waals surface area contributed by atoms with Crippen LogP contribution < -0.4 is 5.32 Å². The molecule has 0 radical (unpaired) electrons. The van der Waals surface area contributed by atoms with E-state index in [-0.39, 0.29) is 17.9 Å². The van der Waals surface area contributed by atoms with Crippen molar-refractivity contribution in [2.45, 2.75) is 56.4 Å². The van der Waals surface area contributed by atoms with Gasteiger partial charge in [-0.3, -0.25) is 4.79 Å². The highest BCUT2D eigenvalue weighted by molar-refractivity contribution is 5.79.